The summed E-state index contributed by atoms with van der Waals surface area (Å²) < 4.78 is 11.5. The molecule has 1 N–H and O–H groups in total. The number of hydrogen-bond acceptors (Lipinski definition) is 5. The van der Waals surface area contributed by atoms with Crippen molar-refractivity contribution in [2.75, 3.05) is 31.6 Å². The van der Waals surface area contributed by atoms with E-state index >= 15 is 0 Å². The first-order chi connectivity index (χ1) is 15.6. The van der Waals surface area contributed by atoms with Crippen LogP contribution >= 0.6 is 11.6 Å². The number of para-hydroxylation sites is 1. The molecule has 0 bridgehead atoms. The lowest BCUT2D eigenvalue weighted by molar-refractivity contribution is 0.210. The average Bonchev–Trinajstić information content (AvgIpc) is 2.78. The minimum absolute atomic E-state index is 0.433. The summed E-state index contributed by atoms with van der Waals surface area (Å²) in [6.45, 7) is 10.2. The highest BCUT2D eigenvalue weighted by molar-refractivity contribution is 6.33. The van der Waals surface area contributed by atoms with Crippen LogP contribution in [-0.2, 0) is 6.54 Å². The Labute approximate surface area is 195 Å². The van der Waals surface area contributed by atoms with Crippen molar-refractivity contribution in [3.8, 4) is 11.5 Å². The number of benzene rings is 2. The molecule has 0 spiro atoms. The fourth-order valence-corrected chi connectivity index (χ4v) is 4.58. The van der Waals surface area contributed by atoms with E-state index < -0.39 is 0 Å². The molecule has 1 aliphatic rings. The summed E-state index contributed by atoms with van der Waals surface area (Å²) in [5.41, 5.74) is 3.47. The van der Waals surface area contributed by atoms with E-state index in [0.717, 1.165) is 43.8 Å². The number of nitrogens with zero attached hydrogens (tertiary/aromatic N) is 2. The van der Waals surface area contributed by atoms with Gasteiger partial charge in [-0.25, -0.2) is 4.98 Å². The number of anilines is 1. The fourth-order valence-electron chi connectivity index (χ4n) is 4.37. The van der Waals surface area contributed by atoms with Gasteiger partial charge >= 0.3 is 0 Å². The highest BCUT2D eigenvalue weighted by Crippen LogP contribution is 2.36. The van der Waals surface area contributed by atoms with E-state index in [9.17, 15) is 0 Å². The van der Waals surface area contributed by atoms with Crippen molar-refractivity contribution in [1.82, 2.24) is 9.88 Å². The summed E-state index contributed by atoms with van der Waals surface area (Å²) in [4.78, 5) is 7.29. The number of piperidine rings is 1. The molecule has 0 unspecified atom stereocenters. The molecule has 0 atom stereocenters. The average molecular weight is 454 g/mol. The molecule has 2 heterocycles. The standard InChI is InChI=1S/C26H32ClN3O2/c1-4-31-23-15-19(16-24(26(23)27)32-5-2)17-30-12-10-20(11-13-30)28-25-14-18(3)21-8-6-7-9-22(21)29-25/h6-9,14-16,20H,4-5,10-13,17H2,1-3H3,(H,28,29). The maximum absolute atomic E-state index is 6.45. The number of hydrogen-bond donors (Lipinski definition) is 1. The van der Waals surface area contributed by atoms with Gasteiger partial charge in [-0.05, 0) is 69.0 Å². The Bertz CT molecular complexity index is 1040. The van der Waals surface area contributed by atoms with Crippen molar-refractivity contribution in [1.29, 1.82) is 0 Å². The van der Waals surface area contributed by atoms with Gasteiger partial charge in [-0.1, -0.05) is 29.8 Å². The van der Waals surface area contributed by atoms with E-state index in [4.69, 9.17) is 26.1 Å². The van der Waals surface area contributed by atoms with Gasteiger partial charge in [0.2, 0.25) is 0 Å². The number of rotatable bonds is 8. The lowest BCUT2D eigenvalue weighted by atomic mass is 10.0. The predicted molar refractivity (Wildman–Crippen MR) is 132 cm³/mol. The molecule has 3 aromatic rings. The van der Waals surface area contributed by atoms with Crippen LogP contribution < -0.4 is 14.8 Å². The van der Waals surface area contributed by atoms with E-state index in [-0.39, 0.29) is 0 Å². The van der Waals surface area contributed by atoms with E-state index in [0.29, 0.717) is 35.8 Å². The molecule has 1 saturated heterocycles. The number of pyridine rings is 1. The summed E-state index contributed by atoms with van der Waals surface area (Å²) in [7, 11) is 0. The molecular formula is C26H32ClN3O2. The second-order valence-electron chi connectivity index (χ2n) is 8.31. The second-order valence-corrected chi connectivity index (χ2v) is 8.69. The van der Waals surface area contributed by atoms with Crippen LogP contribution in [0.15, 0.2) is 42.5 Å². The van der Waals surface area contributed by atoms with E-state index in [1.165, 1.54) is 16.5 Å². The highest BCUT2D eigenvalue weighted by atomic mass is 35.5. The minimum atomic E-state index is 0.433. The second kappa shape index (κ2) is 10.4. The fraction of sp³-hybridized carbons (Fsp3) is 0.423. The largest absolute Gasteiger partial charge is 0.492 e. The monoisotopic (exact) mass is 453 g/mol. The van der Waals surface area contributed by atoms with Gasteiger partial charge in [-0.2, -0.15) is 0 Å². The molecule has 1 fully saturated rings. The van der Waals surface area contributed by atoms with Crippen LogP contribution in [0.3, 0.4) is 0 Å². The number of halogens is 1. The van der Waals surface area contributed by atoms with Crippen molar-refractivity contribution < 1.29 is 9.47 Å². The molecule has 5 nitrogen and oxygen atoms in total. The van der Waals surface area contributed by atoms with E-state index in [1.54, 1.807) is 0 Å². The molecule has 32 heavy (non-hydrogen) atoms. The first kappa shape index (κ1) is 22.7. The van der Waals surface area contributed by atoms with Gasteiger partial charge in [0.25, 0.3) is 0 Å². The van der Waals surface area contributed by atoms with Crippen molar-refractivity contribution in [3.05, 3.63) is 58.6 Å². The Kier molecular flexibility index (Phi) is 7.38. The third-order valence-corrected chi connectivity index (χ3v) is 6.31. The van der Waals surface area contributed by atoms with Gasteiger partial charge in [0.15, 0.2) is 0 Å². The van der Waals surface area contributed by atoms with E-state index in [2.05, 4.69) is 41.4 Å². The molecule has 2 aromatic carbocycles. The molecule has 1 aliphatic heterocycles. The lowest BCUT2D eigenvalue weighted by Crippen LogP contribution is -2.38. The normalized spacial score (nSPS) is 15.1. The van der Waals surface area contributed by atoms with Gasteiger partial charge in [0, 0.05) is 31.1 Å². The number of nitrogens with one attached hydrogen (secondary N) is 1. The van der Waals surface area contributed by atoms with Crippen LogP contribution in [0.4, 0.5) is 5.82 Å². The smallest absolute Gasteiger partial charge is 0.141 e. The predicted octanol–water partition coefficient (Wildman–Crippen LogP) is 6.07. The van der Waals surface area contributed by atoms with Gasteiger partial charge in [0.05, 0.1) is 18.7 Å². The van der Waals surface area contributed by atoms with Crippen LogP contribution in [0.25, 0.3) is 10.9 Å². The highest BCUT2D eigenvalue weighted by Gasteiger charge is 2.21. The zero-order chi connectivity index (χ0) is 22.5. The molecule has 0 radical (unpaired) electrons. The molecule has 0 saturated carbocycles. The lowest BCUT2D eigenvalue weighted by Gasteiger charge is -2.33. The van der Waals surface area contributed by atoms with E-state index in [1.807, 2.05) is 32.0 Å². The van der Waals surface area contributed by atoms with Gasteiger partial charge in [-0.15, -0.1) is 0 Å². The summed E-state index contributed by atoms with van der Waals surface area (Å²) in [6.07, 6.45) is 2.16. The SMILES string of the molecule is CCOc1cc(CN2CCC(Nc3cc(C)c4ccccc4n3)CC2)cc(OCC)c1Cl. The molecule has 4 rings (SSSR count). The maximum atomic E-state index is 6.45. The third kappa shape index (κ3) is 5.28. The van der Waals surface area contributed by atoms with Crippen LogP contribution in [0.5, 0.6) is 11.5 Å². The summed E-state index contributed by atoms with van der Waals surface area (Å²) in [5, 5.41) is 5.43. The first-order valence-electron chi connectivity index (χ1n) is 11.5. The zero-order valence-corrected chi connectivity index (χ0v) is 19.9. The quantitative estimate of drug-likeness (QED) is 0.448. The number of ether oxygens (including phenoxy) is 2. The van der Waals surface area contributed by atoms with Gasteiger partial charge in [0.1, 0.15) is 22.3 Å². The zero-order valence-electron chi connectivity index (χ0n) is 19.2. The van der Waals surface area contributed by atoms with Crippen molar-refractivity contribution in [2.24, 2.45) is 0 Å². The Hall–Kier alpha value is -2.50. The first-order valence-corrected chi connectivity index (χ1v) is 11.9. The third-order valence-electron chi connectivity index (χ3n) is 5.93. The van der Waals surface area contributed by atoms with Gasteiger partial charge in [-0.3, -0.25) is 4.90 Å². The van der Waals surface area contributed by atoms with Crippen molar-refractivity contribution in [2.45, 2.75) is 46.2 Å². The Morgan fingerprint density at radius 1 is 1.03 bits per heavy atom. The number of aromatic nitrogens is 1. The Morgan fingerprint density at radius 2 is 1.69 bits per heavy atom. The molecule has 6 heteroatoms. The summed E-state index contributed by atoms with van der Waals surface area (Å²) in [6, 6.07) is 15.0. The maximum Gasteiger partial charge on any atom is 0.141 e. The summed E-state index contributed by atoms with van der Waals surface area (Å²) >= 11 is 6.45. The molecular weight excluding hydrogens is 422 g/mol. The number of fused-ring (bicyclic) bond motifs is 1. The van der Waals surface area contributed by atoms with Crippen LogP contribution in [0.1, 0.15) is 37.8 Å². The van der Waals surface area contributed by atoms with Crippen LogP contribution in [-0.4, -0.2) is 42.2 Å². The Morgan fingerprint density at radius 3 is 2.34 bits per heavy atom. The Balaban J connectivity index is 1.38. The van der Waals surface area contributed by atoms with Crippen molar-refractivity contribution >= 4 is 28.3 Å². The molecule has 170 valence electrons. The number of aryl methyl sites for hydroxylation is 1. The van der Waals surface area contributed by atoms with Crippen LogP contribution in [0, 0.1) is 6.92 Å². The minimum Gasteiger partial charge on any atom is -0.492 e. The summed E-state index contributed by atoms with van der Waals surface area (Å²) in [5.74, 6) is 2.37. The van der Waals surface area contributed by atoms with Gasteiger partial charge < -0.3 is 14.8 Å². The molecule has 1 aromatic heterocycles. The number of likely N-dealkylation sites (tertiary alicyclic amines) is 1. The molecule has 0 aliphatic carbocycles. The van der Waals surface area contributed by atoms with Crippen LogP contribution in [0.2, 0.25) is 5.02 Å². The molecule has 0 amide bonds. The topological polar surface area (TPSA) is 46.6 Å². The van der Waals surface area contributed by atoms with Crippen molar-refractivity contribution in [3.63, 3.8) is 0 Å².